The van der Waals surface area contributed by atoms with Crippen LogP contribution in [0.5, 0.6) is 5.75 Å². The second-order valence-electron chi connectivity index (χ2n) is 5.14. The maximum absolute atomic E-state index is 12.7. The van der Waals surface area contributed by atoms with Gasteiger partial charge in [0.2, 0.25) is 0 Å². The molecule has 0 atom stereocenters. The van der Waals surface area contributed by atoms with Crippen LogP contribution in [-0.4, -0.2) is 20.4 Å². The minimum absolute atomic E-state index is 0.180. The predicted octanol–water partition coefficient (Wildman–Crippen LogP) is 3.16. The van der Waals surface area contributed by atoms with Gasteiger partial charge >= 0.3 is 0 Å². The number of phenols is 1. The second-order valence-corrected chi connectivity index (χ2v) is 5.14. The quantitative estimate of drug-likeness (QED) is 0.729. The van der Waals surface area contributed by atoms with E-state index >= 15 is 0 Å². The van der Waals surface area contributed by atoms with Crippen LogP contribution in [0.2, 0.25) is 0 Å². The van der Waals surface area contributed by atoms with E-state index in [4.69, 9.17) is 0 Å². The fourth-order valence-corrected chi connectivity index (χ4v) is 2.50. The SMILES string of the molecule is CCc1nc2ccccn2c1C(=O)Nc1ccc(O)cc1C. The first-order valence-corrected chi connectivity index (χ1v) is 7.17. The van der Waals surface area contributed by atoms with Crippen LogP contribution in [0.4, 0.5) is 5.69 Å². The fraction of sp³-hybridized carbons (Fsp3) is 0.176. The molecule has 0 spiro atoms. The average Bonchev–Trinajstić information content (AvgIpc) is 2.88. The molecule has 2 aromatic heterocycles. The van der Waals surface area contributed by atoms with Crippen LogP contribution in [0.25, 0.3) is 5.65 Å². The van der Waals surface area contributed by atoms with Gasteiger partial charge in [-0.15, -0.1) is 0 Å². The van der Waals surface area contributed by atoms with E-state index in [0.29, 0.717) is 17.8 Å². The number of aromatic nitrogens is 2. The summed E-state index contributed by atoms with van der Waals surface area (Å²) in [7, 11) is 0. The topological polar surface area (TPSA) is 66.6 Å². The molecule has 1 aromatic carbocycles. The molecule has 0 aliphatic rings. The molecule has 22 heavy (non-hydrogen) atoms. The number of aromatic hydroxyl groups is 1. The summed E-state index contributed by atoms with van der Waals surface area (Å²) in [5.41, 5.74) is 3.55. The Bertz CT molecular complexity index is 852. The van der Waals surface area contributed by atoms with Crippen molar-refractivity contribution < 1.29 is 9.90 Å². The van der Waals surface area contributed by atoms with Crippen LogP contribution in [-0.2, 0) is 6.42 Å². The van der Waals surface area contributed by atoms with E-state index in [1.165, 1.54) is 0 Å². The average molecular weight is 295 g/mol. The molecule has 1 amide bonds. The van der Waals surface area contributed by atoms with Crippen LogP contribution in [0, 0.1) is 6.92 Å². The van der Waals surface area contributed by atoms with Crippen molar-refractivity contribution in [1.82, 2.24) is 9.38 Å². The number of aryl methyl sites for hydroxylation is 2. The summed E-state index contributed by atoms with van der Waals surface area (Å²) in [5, 5.41) is 12.3. The zero-order valence-electron chi connectivity index (χ0n) is 12.5. The smallest absolute Gasteiger partial charge is 0.274 e. The third-order valence-electron chi connectivity index (χ3n) is 3.61. The molecule has 5 nitrogen and oxygen atoms in total. The molecular formula is C17H17N3O2. The Morgan fingerprint density at radius 3 is 2.86 bits per heavy atom. The van der Waals surface area contributed by atoms with Gasteiger partial charge in [-0.2, -0.15) is 0 Å². The van der Waals surface area contributed by atoms with Crippen molar-refractivity contribution in [3.63, 3.8) is 0 Å². The van der Waals surface area contributed by atoms with E-state index in [-0.39, 0.29) is 11.7 Å². The minimum atomic E-state index is -0.204. The van der Waals surface area contributed by atoms with E-state index in [1.54, 1.807) is 22.6 Å². The first kappa shape index (κ1) is 14.1. The van der Waals surface area contributed by atoms with Crippen molar-refractivity contribution >= 4 is 17.2 Å². The lowest BCUT2D eigenvalue weighted by molar-refractivity contribution is 0.102. The molecular weight excluding hydrogens is 278 g/mol. The standard InChI is InChI=1S/C17H17N3O2/c1-3-13-16(20-9-5-4-6-15(20)18-13)17(22)19-14-8-7-12(21)10-11(14)2/h4-10,21H,3H2,1-2H3,(H,19,22). The number of hydrogen-bond donors (Lipinski definition) is 2. The molecule has 0 saturated heterocycles. The van der Waals surface area contributed by atoms with Gasteiger partial charge < -0.3 is 10.4 Å². The number of nitrogens with one attached hydrogen (secondary N) is 1. The van der Waals surface area contributed by atoms with E-state index in [2.05, 4.69) is 10.3 Å². The highest BCUT2D eigenvalue weighted by atomic mass is 16.3. The maximum atomic E-state index is 12.7. The highest BCUT2D eigenvalue weighted by Crippen LogP contribution is 2.22. The molecule has 0 aliphatic carbocycles. The van der Waals surface area contributed by atoms with E-state index in [1.807, 2.05) is 38.2 Å². The van der Waals surface area contributed by atoms with Crippen molar-refractivity contribution in [2.75, 3.05) is 5.32 Å². The predicted molar refractivity (Wildman–Crippen MR) is 85.4 cm³/mol. The zero-order chi connectivity index (χ0) is 15.7. The number of imidazole rings is 1. The molecule has 3 rings (SSSR count). The number of benzene rings is 1. The lowest BCUT2D eigenvalue weighted by Gasteiger charge is -2.09. The van der Waals surface area contributed by atoms with Gasteiger partial charge in [-0.3, -0.25) is 9.20 Å². The molecule has 2 heterocycles. The number of phenolic OH excluding ortho intramolecular Hbond substituents is 1. The number of anilines is 1. The lowest BCUT2D eigenvalue weighted by Crippen LogP contribution is -2.16. The summed E-state index contributed by atoms with van der Waals surface area (Å²) >= 11 is 0. The lowest BCUT2D eigenvalue weighted by atomic mass is 10.2. The number of carbonyl (C=O) groups excluding carboxylic acids is 1. The molecule has 0 fully saturated rings. The van der Waals surface area contributed by atoms with Crippen molar-refractivity contribution in [3.05, 3.63) is 59.5 Å². The van der Waals surface area contributed by atoms with Crippen molar-refractivity contribution in [3.8, 4) is 5.75 Å². The first-order valence-electron chi connectivity index (χ1n) is 7.17. The van der Waals surface area contributed by atoms with E-state index in [0.717, 1.165) is 16.9 Å². The third-order valence-corrected chi connectivity index (χ3v) is 3.61. The third kappa shape index (κ3) is 2.41. The molecule has 3 aromatic rings. The van der Waals surface area contributed by atoms with Gasteiger partial charge in [-0.25, -0.2) is 4.98 Å². The molecule has 0 aliphatic heterocycles. The number of nitrogens with zero attached hydrogens (tertiary/aromatic N) is 2. The highest BCUT2D eigenvalue weighted by Gasteiger charge is 2.18. The van der Waals surface area contributed by atoms with E-state index < -0.39 is 0 Å². The van der Waals surface area contributed by atoms with Gasteiger partial charge in [0.05, 0.1) is 5.69 Å². The van der Waals surface area contributed by atoms with Crippen LogP contribution >= 0.6 is 0 Å². The number of amides is 1. The van der Waals surface area contributed by atoms with Gasteiger partial charge in [0.15, 0.2) is 0 Å². The Balaban J connectivity index is 2.01. The van der Waals surface area contributed by atoms with Gasteiger partial charge in [-0.05, 0) is 49.2 Å². The molecule has 0 unspecified atom stereocenters. The Hall–Kier alpha value is -2.82. The summed E-state index contributed by atoms with van der Waals surface area (Å²) in [6, 6.07) is 10.5. The number of pyridine rings is 1. The van der Waals surface area contributed by atoms with Gasteiger partial charge in [0, 0.05) is 11.9 Å². The molecule has 2 N–H and O–H groups in total. The number of fused-ring (bicyclic) bond motifs is 1. The molecule has 0 bridgehead atoms. The zero-order valence-corrected chi connectivity index (χ0v) is 12.5. The van der Waals surface area contributed by atoms with Gasteiger partial charge in [0.1, 0.15) is 17.1 Å². The second kappa shape index (κ2) is 5.52. The Labute approximate surface area is 128 Å². The molecule has 5 heteroatoms. The van der Waals surface area contributed by atoms with Crippen molar-refractivity contribution in [2.24, 2.45) is 0 Å². The summed E-state index contributed by atoms with van der Waals surface area (Å²) in [4.78, 5) is 17.2. The van der Waals surface area contributed by atoms with Crippen molar-refractivity contribution in [2.45, 2.75) is 20.3 Å². The van der Waals surface area contributed by atoms with Crippen molar-refractivity contribution in [1.29, 1.82) is 0 Å². The van der Waals surface area contributed by atoms with Gasteiger partial charge in [-0.1, -0.05) is 13.0 Å². The number of carbonyl (C=O) groups is 1. The monoisotopic (exact) mass is 295 g/mol. The minimum Gasteiger partial charge on any atom is -0.508 e. The van der Waals surface area contributed by atoms with Gasteiger partial charge in [0.25, 0.3) is 5.91 Å². The number of hydrogen-bond acceptors (Lipinski definition) is 3. The molecule has 0 saturated carbocycles. The molecule has 0 radical (unpaired) electrons. The first-order chi connectivity index (χ1) is 10.6. The fourth-order valence-electron chi connectivity index (χ4n) is 2.50. The summed E-state index contributed by atoms with van der Waals surface area (Å²) < 4.78 is 1.80. The van der Waals surface area contributed by atoms with Crippen LogP contribution < -0.4 is 5.32 Å². The Morgan fingerprint density at radius 1 is 1.32 bits per heavy atom. The van der Waals surface area contributed by atoms with Crippen LogP contribution in [0.15, 0.2) is 42.6 Å². The van der Waals surface area contributed by atoms with Crippen LogP contribution in [0.3, 0.4) is 0 Å². The van der Waals surface area contributed by atoms with E-state index in [9.17, 15) is 9.90 Å². The Morgan fingerprint density at radius 2 is 2.14 bits per heavy atom. The highest BCUT2D eigenvalue weighted by molar-refractivity contribution is 6.04. The summed E-state index contributed by atoms with van der Waals surface area (Å²) in [6.45, 7) is 3.81. The molecule has 112 valence electrons. The summed E-state index contributed by atoms with van der Waals surface area (Å²) in [5.74, 6) is -0.0242. The largest absolute Gasteiger partial charge is 0.508 e. The van der Waals surface area contributed by atoms with Crippen LogP contribution in [0.1, 0.15) is 28.7 Å². The normalized spacial score (nSPS) is 10.8. The number of rotatable bonds is 3. The Kier molecular flexibility index (Phi) is 3.55. The summed E-state index contributed by atoms with van der Waals surface area (Å²) in [6.07, 6.45) is 2.51. The maximum Gasteiger partial charge on any atom is 0.274 e.